The summed E-state index contributed by atoms with van der Waals surface area (Å²) in [6.45, 7) is 7.04. The first-order chi connectivity index (χ1) is 14.4. The highest BCUT2D eigenvalue weighted by Crippen LogP contribution is 2.19. The van der Waals surface area contributed by atoms with Gasteiger partial charge in [-0.1, -0.05) is 67.4 Å². The molecule has 0 aromatic heterocycles. The van der Waals surface area contributed by atoms with Crippen LogP contribution in [0, 0.1) is 6.92 Å². The molecule has 1 unspecified atom stereocenters. The van der Waals surface area contributed by atoms with E-state index in [0.717, 1.165) is 17.5 Å². The van der Waals surface area contributed by atoms with Crippen LogP contribution in [0.25, 0.3) is 0 Å². The summed E-state index contributed by atoms with van der Waals surface area (Å²) in [7, 11) is 0. The number of halogens is 1. The number of hydrogen-bond acceptors (Lipinski definition) is 3. The van der Waals surface area contributed by atoms with Crippen LogP contribution in [0.15, 0.2) is 48.5 Å². The van der Waals surface area contributed by atoms with Gasteiger partial charge in [0, 0.05) is 23.9 Å². The van der Waals surface area contributed by atoms with Gasteiger partial charge in [0.05, 0.1) is 5.75 Å². The van der Waals surface area contributed by atoms with Gasteiger partial charge < -0.3 is 10.2 Å². The van der Waals surface area contributed by atoms with E-state index in [9.17, 15) is 9.59 Å². The van der Waals surface area contributed by atoms with Crippen LogP contribution in [-0.2, 0) is 21.9 Å². The molecule has 0 spiro atoms. The topological polar surface area (TPSA) is 49.4 Å². The Bertz CT molecular complexity index is 826. The summed E-state index contributed by atoms with van der Waals surface area (Å²) < 4.78 is 0. The highest BCUT2D eigenvalue weighted by atomic mass is 35.5. The van der Waals surface area contributed by atoms with Crippen molar-refractivity contribution in [3.8, 4) is 0 Å². The summed E-state index contributed by atoms with van der Waals surface area (Å²) >= 11 is 7.59. The van der Waals surface area contributed by atoms with Crippen LogP contribution in [-0.4, -0.2) is 35.1 Å². The maximum Gasteiger partial charge on any atom is 0.242 e. The summed E-state index contributed by atoms with van der Waals surface area (Å²) in [4.78, 5) is 27.6. The van der Waals surface area contributed by atoms with Gasteiger partial charge in [-0.15, -0.1) is 11.8 Å². The Morgan fingerprint density at radius 1 is 1.10 bits per heavy atom. The quantitative estimate of drug-likeness (QED) is 0.515. The summed E-state index contributed by atoms with van der Waals surface area (Å²) in [6.07, 6.45) is 1.44. The first kappa shape index (κ1) is 24.3. The highest BCUT2D eigenvalue weighted by Gasteiger charge is 2.28. The molecule has 0 heterocycles. The molecule has 0 fully saturated rings. The van der Waals surface area contributed by atoms with Gasteiger partial charge >= 0.3 is 0 Å². The average Bonchev–Trinajstić information content (AvgIpc) is 2.73. The second-order valence-corrected chi connectivity index (χ2v) is 8.77. The van der Waals surface area contributed by atoms with Gasteiger partial charge in [-0.25, -0.2) is 0 Å². The zero-order valence-corrected chi connectivity index (χ0v) is 19.6. The fourth-order valence-corrected chi connectivity index (χ4v) is 4.21. The van der Waals surface area contributed by atoms with Crippen LogP contribution in [0.3, 0.4) is 0 Å². The molecule has 0 bridgehead atoms. The van der Waals surface area contributed by atoms with Crippen LogP contribution in [0.4, 0.5) is 0 Å². The van der Waals surface area contributed by atoms with E-state index in [0.29, 0.717) is 36.0 Å². The van der Waals surface area contributed by atoms with Crippen molar-refractivity contribution in [1.82, 2.24) is 10.2 Å². The van der Waals surface area contributed by atoms with E-state index < -0.39 is 6.04 Å². The molecule has 0 radical (unpaired) electrons. The Morgan fingerprint density at radius 3 is 2.47 bits per heavy atom. The smallest absolute Gasteiger partial charge is 0.242 e. The normalized spacial score (nSPS) is 11.7. The van der Waals surface area contributed by atoms with E-state index in [1.54, 1.807) is 16.7 Å². The van der Waals surface area contributed by atoms with Crippen molar-refractivity contribution in [2.75, 3.05) is 12.3 Å². The number of benzene rings is 2. The Hall–Kier alpha value is -1.98. The monoisotopic (exact) mass is 446 g/mol. The number of hydrogen-bond donors (Lipinski definition) is 1. The van der Waals surface area contributed by atoms with Crippen molar-refractivity contribution in [2.24, 2.45) is 0 Å². The van der Waals surface area contributed by atoms with Gasteiger partial charge in [0.25, 0.3) is 0 Å². The summed E-state index contributed by atoms with van der Waals surface area (Å²) in [5.74, 6) is 0.903. The Balaban J connectivity index is 2.10. The van der Waals surface area contributed by atoms with Crippen LogP contribution >= 0.6 is 23.4 Å². The zero-order valence-electron chi connectivity index (χ0n) is 18.0. The lowest BCUT2D eigenvalue weighted by Gasteiger charge is -2.30. The molecule has 2 rings (SSSR count). The van der Waals surface area contributed by atoms with E-state index in [1.807, 2.05) is 69.3 Å². The molecule has 162 valence electrons. The summed E-state index contributed by atoms with van der Waals surface area (Å²) in [5.41, 5.74) is 3.27. The van der Waals surface area contributed by atoms with Gasteiger partial charge in [-0.05, 0) is 43.0 Å². The molecular formula is C24H31ClN2O2S. The number of rotatable bonds is 11. The molecule has 2 aromatic carbocycles. The lowest BCUT2D eigenvalue weighted by atomic mass is 10.1. The standard InChI is InChI=1S/C24H31ClN2O2S/c1-4-13-26-24(29)22(5-2)27(15-19-11-9-18(3)10-12-19)23(28)17-30-16-20-7-6-8-21(25)14-20/h6-12,14,22H,4-5,13,15-17H2,1-3H3,(H,26,29). The van der Waals surface area contributed by atoms with Crippen LogP contribution in [0.5, 0.6) is 0 Å². The predicted octanol–water partition coefficient (Wildman–Crippen LogP) is 5.22. The second-order valence-electron chi connectivity index (χ2n) is 7.35. The van der Waals surface area contributed by atoms with Crippen molar-refractivity contribution >= 4 is 35.2 Å². The maximum absolute atomic E-state index is 13.1. The van der Waals surface area contributed by atoms with Gasteiger partial charge in [0.1, 0.15) is 6.04 Å². The maximum atomic E-state index is 13.1. The molecule has 0 aliphatic heterocycles. The minimum Gasteiger partial charge on any atom is -0.354 e. The molecule has 2 amide bonds. The van der Waals surface area contributed by atoms with E-state index in [4.69, 9.17) is 11.6 Å². The average molecular weight is 447 g/mol. The van der Waals surface area contributed by atoms with Gasteiger partial charge in [0.2, 0.25) is 11.8 Å². The van der Waals surface area contributed by atoms with Crippen molar-refractivity contribution in [3.63, 3.8) is 0 Å². The number of thioether (sulfide) groups is 1. The number of amides is 2. The number of carbonyl (C=O) groups is 2. The third kappa shape index (κ3) is 7.69. The Morgan fingerprint density at radius 2 is 1.83 bits per heavy atom. The van der Waals surface area contributed by atoms with Crippen LogP contribution < -0.4 is 5.32 Å². The van der Waals surface area contributed by atoms with Gasteiger partial charge in [0.15, 0.2) is 0 Å². The molecule has 1 atom stereocenters. The van der Waals surface area contributed by atoms with E-state index in [2.05, 4.69) is 5.32 Å². The number of carbonyl (C=O) groups excluding carboxylic acids is 2. The van der Waals surface area contributed by atoms with Crippen LogP contribution in [0.2, 0.25) is 5.02 Å². The van der Waals surface area contributed by atoms with Crippen LogP contribution in [0.1, 0.15) is 43.4 Å². The fourth-order valence-electron chi connectivity index (χ4n) is 3.14. The van der Waals surface area contributed by atoms with E-state index in [-0.39, 0.29) is 11.8 Å². The zero-order chi connectivity index (χ0) is 21.9. The number of nitrogens with one attached hydrogen (secondary N) is 1. The second kappa shape index (κ2) is 12.7. The van der Waals surface area contributed by atoms with Crippen molar-refractivity contribution in [2.45, 2.75) is 52.0 Å². The van der Waals surface area contributed by atoms with Gasteiger partial charge in [-0.3, -0.25) is 9.59 Å². The third-order valence-corrected chi connectivity index (χ3v) is 6.02. The van der Waals surface area contributed by atoms with Crippen molar-refractivity contribution < 1.29 is 9.59 Å². The number of nitrogens with zero attached hydrogens (tertiary/aromatic N) is 1. The minimum absolute atomic E-state index is 0.0268. The van der Waals surface area contributed by atoms with E-state index in [1.165, 1.54) is 5.56 Å². The molecule has 0 aliphatic carbocycles. The third-order valence-electron chi connectivity index (χ3n) is 4.79. The molecule has 6 heteroatoms. The summed E-state index contributed by atoms with van der Waals surface area (Å²) in [6, 6.07) is 15.3. The molecule has 30 heavy (non-hydrogen) atoms. The van der Waals surface area contributed by atoms with Crippen molar-refractivity contribution in [1.29, 1.82) is 0 Å². The molecule has 0 aliphatic rings. The predicted molar refractivity (Wildman–Crippen MR) is 127 cm³/mol. The molecule has 4 nitrogen and oxygen atoms in total. The molecule has 2 aromatic rings. The SMILES string of the molecule is CCCNC(=O)C(CC)N(Cc1ccc(C)cc1)C(=O)CSCc1cccc(Cl)c1. The number of aryl methyl sites for hydroxylation is 1. The highest BCUT2D eigenvalue weighted by molar-refractivity contribution is 7.99. The van der Waals surface area contributed by atoms with Gasteiger partial charge in [-0.2, -0.15) is 0 Å². The first-order valence-corrected chi connectivity index (χ1v) is 11.9. The molecular weight excluding hydrogens is 416 g/mol. The molecule has 0 saturated heterocycles. The van der Waals surface area contributed by atoms with Crippen molar-refractivity contribution in [3.05, 3.63) is 70.2 Å². The van der Waals surface area contributed by atoms with E-state index >= 15 is 0 Å². The lowest BCUT2D eigenvalue weighted by molar-refractivity contribution is -0.139. The largest absolute Gasteiger partial charge is 0.354 e. The first-order valence-electron chi connectivity index (χ1n) is 10.4. The fraction of sp³-hybridized carbons (Fsp3) is 0.417. The molecule has 1 N–H and O–H groups in total. The molecule has 0 saturated carbocycles. The minimum atomic E-state index is -0.475. The Labute approximate surface area is 189 Å². The Kier molecular flexibility index (Phi) is 10.2. The lowest BCUT2D eigenvalue weighted by Crippen LogP contribution is -2.49. The summed E-state index contributed by atoms with van der Waals surface area (Å²) in [5, 5.41) is 3.64.